The molecule has 0 unspecified atom stereocenters. The number of ether oxygens (including phenoxy) is 1. The van der Waals surface area contributed by atoms with Crippen molar-refractivity contribution in [3.8, 4) is 11.5 Å². The number of phenols is 2. The molecule has 0 spiro atoms. The minimum absolute atomic E-state index is 0.0113. The van der Waals surface area contributed by atoms with Crippen LogP contribution in [0.5, 0.6) is 11.5 Å². The molecule has 3 N–H and O–H groups in total. The van der Waals surface area contributed by atoms with E-state index in [1.165, 1.54) is 6.07 Å². The van der Waals surface area contributed by atoms with Gasteiger partial charge in [0, 0.05) is 11.6 Å². The summed E-state index contributed by atoms with van der Waals surface area (Å²) < 4.78 is 5.12. The lowest BCUT2D eigenvalue weighted by atomic mass is 9.96. The van der Waals surface area contributed by atoms with Crippen LogP contribution in [0.1, 0.15) is 33.7 Å². The van der Waals surface area contributed by atoms with Gasteiger partial charge < -0.3 is 20.1 Å². The summed E-state index contributed by atoms with van der Waals surface area (Å²) >= 11 is 0. The van der Waals surface area contributed by atoms with Crippen LogP contribution in [0.15, 0.2) is 42.5 Å². The van der Waals surface area contributed by atoms with E-state index in [0.717, 1.165) is 6.07 Å². The zero-order chi connectivity index (χ0) is 14.3. The van der Waals surface area contributed by atoms with Crippen molar-refractivity contribution in [1.29, 1.82) is 0 Å². The second kappa shape index (κ2) is 4.54. The van der Waals surface area contributed by atoms with E-state index in [4.69, 9.17) is 4.74 Å². The van der Waals surface area contributed by atoms with Gasteiger partial charge in [-0.3, -0.25) is 0 Å². The SMILES string of the molecule is O=C1O[C@H]([C@@H](O)c2ccccc2)c2cc(O)cc(O)c21. The summed E-state index contributed by atoms with van der Waals surface area (Å²) in [5.74, 6) is -1.25. The second-order valence-electron chi connectivity index (χ2n) is 4.61. The van der Waals surface area contributed by atoms with E-state index in [2.05, 4.69) is 0 Å². The van der Waals surface area contributed by atoms with Gasteiger partial charge in [-0.15, -0.1) is 0 Å². The van der Waals surface area contributed by atoms with Gasteiger partial charge in [0.05, 0.1) is 0 Å². The highest BCUT2D eigenvalue weighted by molar-refractivity contribution is 5.97. The molecule has 5 heteroatoms. The third kappa shape index (κ3) is 1.88. The lowest BCUT2D eigenvalue weighted by molar-refractivity contribution is -0.0103. The normalized spacial score (nSPS) is 18.4. The number of aliphatic hydroxyl groups is 1. The minimum Gasteiger partial charge on any atom is -0.508 e. The minimum atomic E-state index is -1.07. The van der Waals surface area contributed by atoms with Crippen LogP contribution in [-0.2, 0) is 4.74 Å². The van der Waals surface area contributed by atoms with E-state index in [1.54, 1.807) is 24.3 Å². The first-order chi connectivity index (χ1) is 9.58. The molecule has 0 radical (unpaired) electrons. The Kier molecular flexibility index (Phi) is 2.84. The Morgan fingerprint density at radius 3 is 2.50 bits per heavy atom. The van der Waals surface area contributed by atoms with Gasteiger partial charge in [-0.25, -0.2) is 4.79 Å². The van der Waals surface area contributed by atoms with E-state index < -0.39 is 18.2 Å². The number of fused-ring (bicyclic) bond motifs is 1. The van der Waals surface area contributed by atoms with Crippen LogP contribution >= 0.6 is 0 Å². The fourth-order valence-corrected chi connectivity index (χ4v) is 2.38. The third-order valence-corrected chi connectivity index (χ3v) is 3.31. The van der Waals surface area contributed by atoms with Gasteiger partial charge in [0.15, 0.2) is 6.10 Å². The van der Waals surface area contributed by atoms with Crippen molar-refractivity contribution in [2.75, 3.05) is 0 Å². The molecule has 3 rings (SSSR count). The van der Waals surface area contributed by atoms with Gasteiger partial charge in [-0.05, 0) is 11.6 Å². The zero-order valence-electron chi connectivity index (χ0n) is 10.4. The summed E-state index contributed by atoms with van der Waals surface area (Å²) in [6, 6.07) is 11.1. The van der Waals surface area contributed by atoms with Gasteiger partial charge in [0.2, 0.25) is 0 Å². The Labute approximate surface area is 114 Å². The number of rotatable bonds is 2. The zero-order valence-corrected chi connectivity index (χ0v) is 10.4. The average Bonchev–Trinajstić information content (AvgIpc) is 2.76. The van der Waals surface area contributed by atoms with Crippen molar-refractivity contribution in [3.05, 3.63) is 59.2 Å². The number of carbonyl (C=O) groups excluding carboxylic acids is 1. The van der Waals surface area contributed by atoms with Crippen LogP contribution in [0.25, 0.3) is 0 Å². The third-order valence-electron chi connectivity index (χ3n) is 3.31. The Hall–Kier alpha value is -2.53. The summed E-state index contributed by atoms with van der Waals surface area (Å²) in [5.41, 5.74) is 0.854. The molecule has 0 bridgehead atoms. The van der Waals surface area contributed by atoms with Crippen LogP contribution in [0.3, 0.4) is 0 Å². The summed E-state index contributed by atoms with van der Waals surface area (Å²) in [5, 5.41) is 29.6. The summed E-state index contributed by atoms with van der Waals surface area (Å²) in [6.45, 7) is 0. The number of benzene rings is 2. The van der Waals surface area contributed by atoms with Gasteiger partial charge >= 0.3 is 5.97 Å². The van der Waals surface area contributed by atoms with Crippen LogP contribution < -0.4 is 0 Å². The Bertz CT molecular complexity index is 665. The molecule has 0 amide bonds. The summed E-state index contributed by atoms with van der Waals surface area (Å²) in [7, 11) is 0. The number of aliphatic hydroxyl groups excluding tert-OH is 1. The molecule has 0 aromatic heterocycles. The maximum atomic E-state index is 11.8. The van der Waals surface area contributed by atoms with E-state index in [1.807, 2.05) is 6.07 Å². The number of phenolic OH excluding ortho intramolecular Hbond substituents is 2. The van der Waals surface area contributed by atoms with E-state index in [9.17, 15) is 20.1 Å². The van der Waals surface area contributed by atoms with E-state index >= 15 is 0 Å². The molecule has 0 saturated carbocycles. The predicted octanol–water partition coefficient (Wildman–Crippen LogP) is 2.04. The molecule has 1 heterocycles. The predicted molar refractivity (Wildman–Crippen MR) is 69.3 cm³/mol. The standard InChI is InChI=1S/C15H12O5/c16-9-6-10-12(11(17)7-9)15(19)20-14(10)13(18)8-4-2-1-3-5-8/h1-7,13-14,16-18H/t13-,14-/m0/s1. The molecule has 0 saturated heterocycles. The molecule has 2 aromatic rings. The van der Waals surface area contributed by atoms with Crippen LogP contribution in [0.2, 0.25) is 0 Å². The molecule has 5 nitrogen and oxygen atoms in total. The second-order valence-corrected chi connectivity index (χ2v) is 4.61. The summed E-state index contributed by atoms with van der Waals surface area (Å²) in [6.07, 6.45) is -2.01. The molecule has 2 atom stereocenters. The molecule has 1 aliphatic rings. The van der Waals surface area contributed by atoms with Crippen LogP contribution in [0, 0.1) is 0 Å². The van der Waals surface area contributed by atoms with Gasteiger partial charge in [0.1, 0.15) is 23.2 Å². The van der Waals surface area contributed by atoms with Gasteiger partial charge in [-0.2, -0.15) is 0 Å². The Morgan fingerprint density at radius 2 is 1.80 bits per heavy atom. The van der Waals surface area contributed by atoms with Crippen molar-refractivity contribution < 1.29 is 24.9 Å². The first-order valence-electron chi connectivity index (χ1n) is 6.08. The van der Waals surface area contributed by atoms with Crippen molar-refractivity contribution in [1.82, 2.24) is 0 Å². The van der Waals surface area contributed by atoms with Crippen molar-refractivity contribution >= 4 is 5.97 Å². The average molecular weight is 272 g/mol. The van der Waals surface area contributed by atoms with Crippen molar-refractivity contribution in [2.45, 2.75) is 12.2 Å². The maximum Gasteiger partial charge on any atom is 0.343 e. The monoisotopic (exact) mass is 272 g/mol. The number of hydrogen-bond acceptors (Lipinski definition) is 5. The molecular formula is C15H12O5. The first kappa shape index (κ1) is 12.5. The lowest BCUT2D eigenvalue weighted by Gasteiger charge is -2.18. The number of esters is 1. The maximum absolute atomic E-state index is 11.8. The van der Waals surface area contributed by atoms with Gasteiger partial charge in [0.25, 0.3) is 0 Å². The van der Waals surface area contributed by atoms with Crippen molar-refractivity contribution in [2.24, 2.45) is 0 Å². The largest absolute Gasteiger partial charge is 0.508 e. The van der Waals surface area contributed by atoms with Gasteiger partial charge in [-0.1, -0.05) is 30.3 Å². The smallest absolute Gasteiger partial charge is 0.343 e. The van der Waals surface area contributed by atoms with Crippen LogP contribution in [0.4, 0.5) is 0 Å². The molecular weight excluding hydrogens is 260 g/mol. The van der Waals surface area contributed by atoms with E-state index in [0.29, 0.717) is 5.56 Å². The first-order valence-corrected chi connectivity index (χ1v) is 6.08. The Morgan fingerprint density at radius 1 is 1.10 bits per heavy atom. The molecule has 1 aliphatic heterocycles. The van der Waals surface area contributed by atoms with E-state index in [-0.39, 0.29) is 22.6 Å². The molecule has 20 heavy (non-hydrogen) atoms. The summed E-state index contributed by atoms with van der Waals surface area (Å²) in [4.78, 5) is 11.8. The number of cyclic esters (lactones) is 1. The highest BCUT2D eigenvalue weighted by Gasteiger charge is 2.39. The number of aromatic hydroxyl groups is 2. The molecule has 0 aliphatic carbocycles. The highest BCUT2D eigenvalue weighted by Crippen LogP contribution is 2.44. The van der Waals surface area contributed by atoms with Crippen molar-refractivity contribution in [3.63, 3.8) is 0 Å². The number of carbonyl (C=O) groups is 1. The number of hydrogen-bond donors (Lipinski definition) is 3. The highest BCUT2D eigenvalue weighted by atomic mass is 16.6. The Balaban J connectivity index is 2.05. The lowest BCUT2D eigenvalue weighted by Crippen LogP contribution is -2.10. The topological polar surface area (TPSA) is 87.0 Å². The van der Waals surface area contributed by atoms with Crippen LogP contribution in [-0.4, -0.2) is 21.3 Å². The molecule has 0 fully saturated rings. The fraction of sp³-hybridized carbons (Fsp3) is 0.133. The quantitative estimate of drug-likeness (QED) is 0.728. The molecule has 2 aromatic carbocycles. The fourth-order valence-electron chi connectivity index (χ4n) is 2.38. The molecule has 102 valence electrons.